The van der Waals surface area contributed by atoms with Crippen molar-refractivity contribution in [3.8, 4) is 0 Å². The minimum absolute atomic E-state index is 0.0304. The highest BCUT2D eigenvalue weighted by Crippen LogP contribution is 2.37. The van der Waals surface area contributed by atoms with Gasteiger partial charge in [0.05, 0.1) is 19.2 Å². The van der Waals surface area contributed by atoms with Crippen molar-refractivity contribution in [1.82, 2.24) is 9.62 Å². The van der Waals surface area contributed by atoms with Crippen molar-refractivity contribution in [2.45, 2.75) is 43.9 Å². The number of amides is 1. The van der Waals surface area contributed by atoms with E-state index in [-0.39, 0.29) is 6.42 Å². The maximum absolute atomic E-state index is 14.6. The second-order valence-electron chi connectivity index (χ2n) is 6.27. The van der Waals surface area contributed by atoms with E-state index in [1.807, 2.05) is 6.92 Å². The Kier molecular flexibility index (Phi) is 5.60. The molecule has 0 spiro atoms. The number of hydrogen-bond acceptors (Lipinski definition) is 4. The molecule has 1 amide bonds. The number of ether oxygens (including phenoxy) is 1. The summed E-state index contributed by atoms with van der Waals surface area (Å²) in [5.41, 5.74) is 0.325. The van der Waals surface area contributed by atoms with Crippen molar-refractivity contribution < 1.29 is 22.7 Å². The number of hydrogen-bond donors (Lipinski definition) is 1. The fourth-order valence-electron chi connectivity index (χ4n) is 3.22. The lowest BCUT2D eigenvalue weighted by Gasteiger charge is -2.33. The van der Waals surface area contributed by atoms with Crippen molar-refractivity contribution >= 4 is 17.9 Å². The summed E-state index contributed by atoms with van der Waals surface area (Å²) in [4.78, 5) is 13.7. The van der Waals surface area contributed by atoms with Gasteiger partial charge in [0.1, 0.15) is 18.0 Å². The van der Waals surface area contributed by atoms with Crippen LogP contribution in [0.2, 0.25) is 0 Å². The zero-order chi connectivity index (χ0) is 18.0. The van der Waals surface area contributed by atoms with Crippen LogP contribution < -0.4 is 4.72 Å². The molecule has 25 heavy (non-hydrogen) atoms. The third-order valence-corrected chi connectivity index (χ3v) is 5.33. The third-order valence-electron chi connectivity index (χ3n) is 4.62. The molecule has 2 saturated heterocycles. The van der Waals surface area contributed by atoms with Crippen molar-refractivity contribution in [2.75, 3.05) is 18.9 Å². The highest BCUT2D eigenvalue weighted by Gasteiger charge is 2.56. The Morgan fingerprint density at radius 3 is 2.76 bits per heavy atom. The molecule has 0 aliphatic carbocycles. The Morgan fingerprint density at radius 2 is 2.16 bits per heavy atom. The molecule has 3 atom stereocenters. The topological polar surface area (TPSA) is 41.6 Å². The highest BCUT2D eigenvalue weighted by atomic mass is 32.2. The van der Waals surface area contributed by atoms with E-state index >= 15 is 0 Å². The number of nitrogens with zero attached hydrogens (tertiary/aromatic N) is 1. The van der Waals surface area contributed by atoms with E-state index in [4.69, 9.17) is 4.74 Å². The zero-order valence-electron chi connectivity index (χ0n) is 13.9. The number of nitrogens with one attached hydrogen (secondary N) is 1. The van der Waals surface area contributed by atoms with E-state index in [2.05, 4.69) is 4.72 Å². The molecule has 2 aliphatic rings. The van der Waals surface area contributed by atoms with E-state index in [1.54, 1.807) is 18.2 Å². The number of likely N-dealkylation sites (tertiary alicyclic amines) is 1. The Balaban J connectivity index is 1.87. The van der Waals surface area contributed by atoms with Gasteiger partial charge in [-0.1, -0.05) is 37.1 Å². The maximum atomic E-state index is 14.6. The number of carbonyl (C=O) groups excluding carboxylic acids is 1. The molecule has 1 aromatic rings. The summed E-state index contributed by atoms with van der Waals surface area (Å²) in [5, 5.41) is 0. The van der Waals surface area contributed by atoms with Gasteiger partial charge in [0.25, 0.3) is 11.8 Å². The summed E-state index contributed by atoms with van der Waals surface area (Å²) >= 11 is 1.18. The van der Waals surface area contributed by atoms with Crippen LogP contribution in [0.4, 0.5) is 13.2 Å². The number of alkyl halides is 2. The van der Waals surface area contributed by atoms with Crippen molar-refractivity contribution in [1.29, 1.82) is 0 Å². The van der Waals surface area contributed by atoms with Gasteiger partial charge < -0.3 is 9.64 Å². The van der Waals surface area contributed by atoms with Crippen molar-refractivity contribution in [3.63, 3.8) is 0 Å². The number of halogens is 3. The van der Waals surface area contributed by atoms with Crippen LogP contribution in [0.25, 0.3) is 0 Å². The summed E-state index contributed by atoms with van der Waals surface area (Å²) in [7, 11) is 0. The van der Waals surface area contributed by atoms with Gasteiger partial charge in [-0.3, -0.25) is 9.52 Å². The van der Waals surface area contributed by atoms with Crippen LogP contribution in [-0.2, 0) is 16.0 Å². The summed E-state index contributed by atoms with van der Waals surface area (Å²) < 4.78 is 51.1. The summed E-state index contributed by atoms with van der Waals surface area (Å²) in [6.45, 7) is 1.64. The first-order chi connectivity index (χ1) is 11.9. The molecule has 0 bridgehead atoms. The van der Waals surface area contributed by atoms with Crippen LogP contribution in [0.15, 0.2) is 24.3 Å². The maximum Gasteiger partial charge on any atom is 0.283 e. The Hall–Kier alpha value is -1.25. The van der Waals surface area contributed by atoms with Crippen molar-refractivity contribution in [3.05, 3.63) is 35.6 Å². The van der Waals surface area contributed by atoms with Crippen LogP contribution in [-0.4, -0.2) is 53.8 Å². The molecule has 3 unspecified atom stereocenters. The molecule has 8 heteroatoms. The molecule has 0 saturated carbocycles. The summed E-state index contributed by atoms with van der Waals surface area (Å²) in [6, 6.07) is 4.01. The third kappa shape index (κ3) is 3.80. The van der Waals surface area contributed by atoms with E-state index in [0.717, 1.165) is 0 Å². The van der Waals surface area contributed by atoms with Crippen LogP contribution in [0.1, 0.15) is 18.9 Å². The van der Waals surface area contributed by atoms with Gasteiger partial charge >= 0.3 is 0 Å². The minimum Gasteiger partial charge on any atom is -0.368 e. The molecule has 2 fully saturated rings. The van der Waals surface area contributed by atoms with E-state index in [1.165, 1.54) is 22.9 Å². The van der Waals surface area contributed by atoms with Gasteiger partial charge in [-0.25, -0.2) is 13.2 Å². The second kappa shape index (κ2) is 7.55. The van der Waals surface area contributed by atoms with Gasteiger partial charge in [0, 0.05) is 12.2 Å². The van der Waals surface area contributed by atoms with Gasteiger partial charge in [0.2, 0.25) is 0 Å². The molecule has 138 valence electrons. The molecule has 2 aliphatic heterocycles. The Labute approximate surface area is 149 Å². The first kappa shape index (κ1) is 18.5. The lowest BCUT2D eigenvalue weighted by atomic mass is 9.98. The quantitative estimate of drug-likeness (QED) is 0.778. The largest absolute Gasteiger partial charge is 0.368 e. The Morgan fingerprint density at radius 1 is 1.44 bits per heavy atom. The van der Waals surface area contributed by atoms with Gasteiger partial charge in [0.15, 0.2) is 0 Å². The fourth-order valence-corrected chi connectivity index (χ4v) is 3.89. The summed E-state index contributed by atoms with van der Waals surface area (Å²) in [6.07, 6.45) is -0.0888. The molecule has 3 rings (SSSR count). The van der Waals surface area contributed by atoms with E-state index in [0.29, 0.717) is 24.3 Å². The molecule has 0 aromatic heterocycles. The normalized spacial score (nSPS) is 28.0. The predicted octanol–water partition coefficient (Wildman–Crippen LogP) is 2.63. The molecular weight excluding hydrogens is 353 g/mol. The average molecular weight is 374 g/mol. The molecule has 1 aromatic carbocycles. The predicted molar refractivity (Wildman–Crippen MR) is 90.0 cm³/mol. The second-order valence-corrected chi connectivity index (χ2v) is 7.37. The smallest absolute Gasteiger partial charge is 0.283 e. The lowest BCUT2D eigenvalue weighted by Crippen LogP contribution is -2.51. The summed E-state index contributed by atoms with van der Waals surface area (Å²) in [5.74, 6) is -3.36. The molecule has 0 radical (unpaired) electrons. The van der Waals surface area contributed by atoms with Gasteiger partial charge in [-0.15, -0.1) is 0 Å². The number of rotatable bonds is 6. The number of carbonyl (C=O) groups is 1. The molecule has 2 heterocycles. The van der Waals surface area contributed by atoms with Crippen LogP contribution in [0, 0.1) is 5.82 Å². The first-order valence-corrected chi connectivity index (χ1v) is 9.33. The molecular formula is C17H21F3N2O2S. The standard InChI is InChI=1S/C17H21F3N2O2S/c1-2-25-21-15-13(9-11-5-3-4-6-12(11)18)22(10-17(15,19)20)16(23)14-7-8-24-14/h3-6,13-15,21H,2,7-10H2,1H3. The van der Waals surface area contributed by atoms with Gasteiger partial charge in [-0.05, 0) is 18.1 Å². The van der Waals surface area contributed by atoms with Crippen LogP contribution in [0.5, 0.6) is 0 Å². The Bertz CT molecular complexity index is 628. The van der Waals surface area contributed by atoms with E-state index in [9.17, 15) is 18.0 Å². The SMILES string of the molecule is CCSNC1C(Cc2ccccc2F)N(C(=O)C2CCO2)CC1(F)F. The minimum atomic E-state index is -3.09. The number of benzene rings is 1. The van der Waals surface area contributed by atoms with Crippen LogP contribution >= 0.6 is 11.9 Å². The molecule has 1 N–H and O–H groups in total. The fraction of sp³-hybridized carbons (Fsp3) is 0.588. The first-order valence-electron chi connectivity index (χ1n) is 8.34. The zero-order valence-corrected chi connectivity index (χ0v) is 14.7. The monoisotopic (exact) mass is 374 g/mol. The average Bonchev–Trinajstić information content (AvgIpc) is 2.76. The van der Waals surface area contributed by atoms with Crippen molar-refractivity contribution in [2.24, 2.45) is 0 Å². The van der Waals surface area contributed by atoms with E-state index < -0.39 is 42.4 Å². The van der Waals surface area contributed by atoms with Crippen LogP contribution in [0.3, 0.4) is 0 Å². The lowest BCUT2D eigenvalue weighted by molar-refractivity contribution is -0.158. The molecule has 4 nitrogen and oxygen atoms in total. The van der Waals surface area contributed by atoms with Gasteiger partial charge in [-0.2, -0.15) is 0 Å². The highest BCUT2D eigenvalue weighted by molar-refractivity contribution is 7.97.